The van der Waals surface area contributed by atoms with Crippen LogP contribution in [0.15, 0.2) is 51.4 Å². The topological polar surface area (TPSA) is 35.2 Å². The second-order valence-corrected chi connectivity index (χ2v) is 6.90. The van der Waals surface area contributed by atoms with Gasteiger partial charge in [-0.3, -0.25) is 0 Å². The molecule has 0 aliphatic carbocycles. The number of rotatable bonds is 5. The summed E-state index contributed by atoms with van der Waals surface area (Å²) in [6.45, 7) is 4.12. The first kappa shape index (κ1) is 16.5. The van der Waals surface area contributed by atoms with Crippen molar-refractivity contribution in [3.63, 3.8) is 0 Å². The largest absolute Gasteiger partial charge is 0.484 e. The van der Waals surface area contributed by atoms with Crippen LogP contribution in [0, 0.1) is 6.92 Å². The Morgan fingerprint density at radius 2 is 1.67 bits per heavy atom. The normalized spacial score (nSPS) is 13.8. The summed E-state index contributed by atoms with van der Waals surface area (Å²) in [4.78, 5) is 0. The SMILES string of the molecule is CCC(N)C(Oc1cc(Br)ccc1C)c1ccc(Br)cc1. The van der Waals surface area contributed by atoms with Gasteiger partial charge in [0, 0.05) is 15.0 Å². The van der Waals surface area contributed by atoms with Crippen LogP contribution in [0.3, 0.4) is 0 Å². The van der Waals surface area contributed by atoms with E-state index in [0.29, 0.717) is 0 Å². The van der Waals surface area contributed by atoms with Crippen LogP contribution in [-0.4, -0.2) is 6.04 Å². The van der Waals surface area contributed by atoms with Crippen molar-refractivity contribution in [1.29, 1.82) is 0 Å². The smallest absolute Gasteiger partial charge is 0.139 e. The van der Waals surface area contributed by atoms with E-state index in [1.54, 1.807) is 0 Å². The van der Waals surface area contributed by atoms with Crippen molar-refractivity contribution in [2.75, 3.05) is 0 Å². The molecule has 2 nitrogen and oxygen atoms in total. The average Bonchev–Trinajstić information content (AvgIpc) is 2.48. The summed E-state index contributed by atoms with van der Waals surface area (Å²) < 4.78 is 8.29. The Labute approximate surface area is 143 Å². The van der Waals surface area contributed by atoms with Crippen LogP contribution in [0.4, 0.5) is 0 Å². The van der Waals surface area contributed by atoms with E-state index in [4.69, 9.17) is 10.5 Å². The lowest BCUT2D eigenvalue weighted by Crippen LogP contribution is -2.31. The predicted molar refractivity (Wildman–Crippen MR) is 94.7 cm³/mol. The molecule has 0 aliphatic heterocycles. The van der Waals surface area contributed by atoms with Crippen LogP contribution in [0.2, 0.25) is 0 Å². The Bertz CT molecular complexity index is 598. The maximum atomic E-state index is 6.27. The second kappa shape index (κ2) is 7.43. The van der Waals surface area contributed by atoms with Crippen molar-refractivity contribution in [3.05, 3.63) is 62.5 Å². The molecule has 0 heterocycles. The van der Waals surface area contributed by atoms with E-state index in [2.05, 4.69) is 50.9 Å². The molecule has 0 aliphatic rings. The lowest BCUT2D eigenvalue weighted by Gasteiger charge is -2.26. The molecule has 112 valence electrons. The first-order chi connectivity index (χ1) is 10.0. The molecule has 0 saturated carbocycles. The molecule has 0 aromatic heterocycles. The number of hydrogen-bond donors (Lipinski definition) is 1. The Balaban J connectivity index is 2.32. The third kappa shape index (κ3) is 4.31. The van der Waals surface area contributed by atoms with Gasteiger partial charge in [0.15, 0.2) is 0 Å². The summed E-state index contributed by atoms with van der Waals surface area (Å²) in [5.41, 5.74) is 8.47. The summed E-state index contributed by atoms with van der Waals surface area (Å²) in [7, 11) is 0. The fourth-order valence-corrected chi connectivity index (χ4v) is 2.71. The van der Waals surface area contributed by atoms with E-state index >= 15 is 0 Å². The van der Waals surface area contributed by atoms with Gasteiger partial charge >= 0.3 is 0 Å². The lowest BCUT2D eigenvalue weighted by atomic mass is 10.0. The predicted octanol–water partition coefficient (Wildman–Crippen LogP) is 5.38. The number of benzene rings is 2. The van der Waals surface area contributed by atoms with Crippen LogP contribution < -0.4 is 10.5 Å². The van der Waals surface area contributed by atoms with Gasteiger partial charge in [0.1, 0.15) is 11.9 Å². The molecule has 0 spiro atoms. The van der Waals surface area contributed by atoms with Gasteiger partial charge < -0.3 is 10.5 Å². The van der Waals surface area contributed by atoms with Crippen LogP contribution in [0.1, 0.15) is 30.6 Å². The minimum absolute atomic E-state index is 0.0513. The van der Waals surface area contributed by atoms with E-state index in [-0.39, 0.29) is 12.1 Å². The van der Waals surface area contributed by atoms with Gasteiger partial charge in [0.25, 0.3) is 0 Å². The molecular weight excluding hydrogens is 394 g/mol. The summed E-state index contributed by atoms with van der Waals surface area (Å²) in [5, 5.41) is 0. The summed E-state index contributed by atoms with van der Waals surface area (Å²) in [6.07, 6.45) is 0.699. The van der Waals surface area contributed by atoms with Gasteiger partial charge in [-0.05, 0) is 48.7 Å². The molecule has 2 N–H and O–H groups in total. The van der Waals surface area contributed by atoms with Gasteiger partial charge in [-0.1, -0.05) is 57.0 Å². The molecule has 2 unspecified atom stereocenters. The van der Waals surface area contributed by atoms with E-state index in [9.17, 15) is 0 Å². The molecule has 21 heavy (non-hydrogen) atoms. The van der Waals surface area contributed by atoms with Crippen LogP contribution >= 0.6 is 31.9 Å². The van der Waals surface area contributed by atoms with Gasteiger partial charge in [-0.15, -0.1) is 0 Å². The fourth-order valence-electron chi connectivity index (χ4n) is 2.11. The molecule has 0 bridgehead atoms. The molecular formula is C17H19Br2NO. The molecule has 4 heteroatoms. The molecule has 2 atom stereocenters. The highest BCUT2D eigenvalue weighted by molar-refractivity contribution is 9.10. The number of hydrogen-bond acceptors (Lipinski definition) is 2. The summed E-state index contributed by atoms with van der Waals surface area (Å²) in [6, 6.07) is 14.1. The van der Waals surface area contributed by atoms with Crippen LogP contribution in [0.5, 0.6) is 5.75 Å². The minimum atomic E-state index is -0.156. The Morgan fingerprint density at radius 1 is 1.05 bits per heavy atom. The van der Waals surface area contributed by atoms with Crippen molar-refractivity contribution in [2.45, 2.75) is 32.4 Å². The van der Waals surface area contributed by atoms with Crippen molar-refractivity contribution >= 4 is 31.9 Å². The molecule has 0 saturated heterocycles. The first-order valence-corrected chi connectivity index (χ1v) is 8.53. The third-order valence-electron chi connectivity index (χ3n) is 3.46. The van der Waals surface area contributed by atoms with Gasteiger partial charge in [-0.2, -0.15) is 0 Å². The molecule has 2 rings (SSSR count). The highest BCUT2D eigenvalue weighted by atomic mass is 79.9. The molecule has 0 fully saturated rings. The van der Waals surface area contributed by atoms with E-state index < -0.39 is 0 Å². The maximum absolute atomic E-state index is 6.27. The zero-order valence-electron chi connectivity index (χ0n) is 12.1. The number of ether oxygens (including phenoxy) is 1. The van der Waals surface area contributed by atoms with Crippen LogP contribution in [0.25, 0.3) is 0 Å². The fraction of sp³-hybridized carbons (Fsp3) is 0.294. The van der Waals surface area contributed by atoms with Crippen molar-refractivity contribution in [3.8, 4) is 5.75 Å². The third-order valence-corrected chi connectivity index (χ3v) is 4.48. The van der Waals surface area contributed by atoms with Gasteiger partial charge in [0.05, 0.1) is 0 Å². The van der Waals surface area contributed by atoms with Gasteiger partial charge in [0.2, 0.25) is 0 Å². The zero-order valence-corrected chi connectivity index (χ0v) is 15.3. The Hall–Kier alpha value is -0.840. The number of aryl methyl sites for hydroxylation is 1. The minimum Gasteiger partial charge on any atom is -0.484 e. The standard InChI is InChI=1S/C17H19Br2NO/c1-3-15(20)17(12-5-8-13(18)9-6-12)21-16-10-14(19)7-4-11(16)2/h4-10,15,17H,3,20H2,1-2H3. The highest BCUT2D eigenvalue weighted by Crippen LogP contribution is 2.30. The van der Waals surface area contributed by atoms with Crippen molar-refractivity contribution < 1.29 is 4.74 Å². The molecule has 2 aromatic rings. The molecule has 0 amide bonds. The lowest BCUT2D eigenvalue weighted by molar-refractivity contribution is 0.170. The van der Waals surface area contributed by atoms with Crippen LogP contribution in [-0.2, 0) is 0 Å². The van der Waals surface area contributed by atoms with Crippen molar-refractivity contribution in [1.82, 2.24) is 0 Å². The average molecular weight is 413 g/mol. The monoisotopic (exact) mass is 411 g/mol. The maximum Gasteiger partial charge on any atom is 0.139 e. The number of nitrogens with two attached hydrogens (primary N) is 1. The zero-order chi connectivity index (χ0) is 15.4. The Morgan fingerprint density at radius 3 is 2.29 bits per heavy atom. The van der Waals surface area contributed by atoms with E-state index in [1.807, 2.05) is 37.3 Å². The van der Waals surface area contributed by atoms with Crippen molar-refractivity contribution in [2.24, 2.45) is 5.73 Å². The summed E-state index contributed by atoms with van der Waals surface area (Å²) >= 11 is 6.95. The van der Waals surface area contributed by atoms with E-state index in [0.717, 1.165) is 32.2 Å². The highest BCUT2D eigenvalue weighted by Gasteiger charge is 2.21. The first-order valence-electron chi connectivity index (χ1n) is 6.95. The summed E-state index contributed by atoms with van der Waals surface area (Å²) in [5.74, 6) is 0.862. The number of halogens is 2. The Kier molecular flexibility index (Phi) is 5.85. The quantitative estimate of drug-likeness (QED) is 0.715. The van der Waals surface area contributed by atoms with Gasteiger partial charge in [-0.25, -0.2) is 0 Å². The molecule has 0 radical (unpaired) electrons. The second-order valence-electron chi connectivity index (χ2n) is 5.07. The van der Waals surface area contributed by atoms with E-state index in [1.165, 1.54) is 0 Å². The molecule has 2 aromatic carbocycles.